The van der Waals surface area contributed by atoms with Gasteiger partial charge in [0.25, 0.3) is 0 Å². The number of hydrogen-bond acceptors (Lipinski definition) is 3. The summed E-state index contributed by atoms with van der Waals surface area (Å²) >= 11 is 0. The average molecular weight is 277 g/mol. The molecule has 0 unspecified atom stereocenters. The second-order valence-electron chi connectivity index (χ2n) is 6.78. The zero-order valence-corrected chi connectivity index (χ0v) is 13.1. The van der Waals surface area contributed by atoms with E-state index in [1.807, 2.05) is 12.1 Å². The summed E-state index contributed by atoms with van der Waals surface area (Å²) in [6.07, 6.45) is 5.06. The lowest BCUT2D eigenvalue weighted by Gasteiger charge is -2.38. The second-order valence-corrected chi connectivity index (χ2v) is 6.78. The van der Waals surface area contributed by atoms with Crippen LogP contribution in [-0.2, 0) is 6.54 Å². The molecule has 1 fully saturated rings. The summed E-state index contributed by atoms with van der Waals surface area (Å²) in [4.78, 5) is 2.36. The standard InChI is InChI=1S/C17H27NO2/c1-17(2)10-8-14(9-11-17)18(3)12-13-6-5-7-15(20-4)16(13)19/h5-7,14,19H,8-12H2,1-4H3. The van der Waals surface area contributed by atoms with Crippen LogP contribution in [-0.4, -0.2) is 30.2 Å². The average Bonchev–Trinajstić information content (AvgIpc) is 2.41. The van der Waals surface area contributed by atoms with Crippen molar-refractivity contribution in [1.82, 2.24) is 4.90 Å². The minimum atomic E-state index is 0.276. The molecule has 0 aliphatic heterocycles. The normalized spacial score (nSPS) is 19.2. The first-order valence-electron chi connectivity index (χ1n) is 7.48. The third-order valence-corrected chi connectivity index (χ3v) is 4.65. The van der Waals surface area contributed by atoms with Crippen LogP contribution in [0.2, 0.25) is 0 Å². The first-order chi connectivity index (χ1) is 9.43. The van der Waals surface area contributed by atoms with Gasteiger partial charge in [-0.15, -0.1) is 0 Å². The number of methoxy groups -OCH3 is 1. The number of rotatable bonds is 4. The van der Waals surface area contributed by atoms with Crippen molar-refractivity contribution in [2.45, 2.75) is 52.1 Å². The van der Waals surface area contributed by atoms with Crippen LogP contribution in [0.1, 0.15) is 45.1 Å². The van der Waals surface area contributed by atoms with Gasteiger partial charge in [-0.1, -0.05) is 26.0 Å². The van der Waals surface area contributed by atoms with Gasteiger partial charge < -0.3 is 9.84 Å². The number of nitrogens with zero attached hydrogens (tertiary/aromatic N) is 1. The van der Waals surface area contributed by atoms with Crippen molar-refractivity contribution in [3.05, 3.63) is 23.8 Å². The largest absolute Gasteiger partial charge is 0.504 e. The van der Waals surface area contributed by atoms with Gasteiger partial charge in [-0.25, -0.2) is 0 Å². The van der Waals surface area contributed by atoms with Gasteiger partial charge in [0.05, 0.1) is 7.11 Å². The maximum absolute atomic E-state index is 10.2. The van der Waals surface area contributed by atoms with Crippen LogP contribution in [0.4, 0.5) is 0 Å². The Hall–Kier alpha value is -1.22. The first-order valence-corrected chi connectivity index (χ1v) is 7.48. The Morgan fingerprint density at radius 2 is 1.95 bits per heavy atom. The monoisotopic (exact) mass is 277 g/mol. The molecule has 0 amide bonds. The quantitative estimate of drug-likeness (QED) is 0.908. The smallest absolute Gasteiger partial charge is 0.162 e. The second kappa shape index (κ2) is 6.04. The summed E-state index contributed by atoms with van der Waals surface area (Å²) in [6.45, 7) is 5.49. The number of phenols is 1. The maximum atomic E-state index is 10.2. The Balaban J connectivity index is 2.00. The van der Waals surface area contributed by atoms with E-state index in [0.29, 0.717) is 17.2 Å². The Bertz CT molecular complexity index is 446. The Morgan fingerprint density at radius 3 is 2.55 bits per heavy atom. The lowest BCUT2D eigenvalue weighted by Crippen LogP contribution is -2.36. The van der Waals surface area contributed by atoms with Crippen molar-refractivity contribution < 1.29 is 9.84 Å². The zero-order chi connectivity index (χ0) is 14.8. The van der Waals surface area contributed by atoms with Crippen molar-refractivity contribution in [3.63, 3.8) is 0 Å². The van der Waals surface area contributed by atoms with Crippen molar-refractivity contribution in [1.29, 1.82) is 0 Å². The van der Waals surface area contributed by atoms with Crippen molar-refractivity contribution >= 4 is 0 Å². The highest BCUT2D eigenvalue weighted by Crippen LogP contribution is 2.37. The molecule has 1 saturated carbocycles. The lowest BCUT2D eigenvalue weighted by atomic mass is 9.75. The fourth-order valence-corrected chi connectivity index (χ4v) is 3.08. The summed E-state index contributed by atoms with van der Waals surface area (Å²) in [5.41, 5.74) is 1.44. The third kappa shape index (κ3) is 3.45. The van der Waals surface area contributed by atoms with E-state index in [2.05, 4.69) is 25.8 Å². The summed E-state index contributed by atoms with van der Waals surface area (Å²) in [5.74, 6) is 0.832. The van der Waals surface area contributed by atoms with E-state index in [4.69, 9.17) is 4.74 Å². The van der Waals surface area contributed by atoms with Gasteiger partial charge >= 0.3 is 0 Å². The minimum Gasteiger partial charge on any atom is -0.504 e. The molecule has 1 aromatic carbocycles. The fraction of sp³-hybridized carbons (Fsp3) is 0.647. The topological polar surface area (TPSA) is 32.7 Å². The van der Waals surface area contributed by atoms with Crippen LogP contribution in [0.3, 0.4) is 0 Å². The maximum Gasteiger partial charge on any atom is 0.162 e. The number of hydrogen-bond donors (Lipinski definition) is 1. The molecule has 20 heavy (non-hydrogen) atoms. The number of phenolic OH excluding ortho intramolecular Hbond substituents is 1. The Morgan fingerprint density at radius 1 is 1.30 bits per heavy atom. The minimum absolute atomic E-state index is 0.276. The van der Waals surface area contributed by atoms with Gasteiger partial charge in [0.15, 0.2) is 11.5 Å². The van der Waals surface area contributed by atoms with E-state index in [9.17, 15) is 5.11 Å². The molecule has 0 atom stereocenters. The first kappa shape index (κ1) is 15.2. The molecule has 3 heteroatoms. The van der Waals surface area contributed by atoms with Crippen molar-refractivity contribution in [2.75, 3.05) is 14.2 Å². The molecule has 1 N–H and O–H groups in total. The molecule has 1 aliphatic rings. The van der Waals surface area contributed by atoms with Crippen LogP contribution in [0.15, 0.2) is 18.2 Å². The molecule has 112 valence electrons. The SMILES string of the molecule is COc1cccc(CN(C)C2CCC(C)(C)CC2)c1O. The molecular formula is C17H27NO2. The molecular weight excluding hydrogens is 250 g/mol. The van der Waals surface area contributed by atoms with Gasteiger partial charge in [-0.3, -0.25) is 4.90 Å². The molecule has 1 aliphatic carbocycles. The Labute approximate surface area is 122 Å². The lowest BCUT2D eigenvalue weighted by molar-refractivity contribution is 0.122. The van der Waals surface area contributed by atoms with Gasteiger partial charge in [0, 0.05) is 18.2 Å². The van der Waals surface area contributed by atoms with Gasteiger partial charge in [-0.05, 0) is 44.2 Å². The van der Waals surface area contributed by atoms with E-state index >= 15 is 0 Å². The number of benzene rings is 1. The van der Waals surface area contributed by atoms with Crippen LogP contribution >= 0.6 is 0 Å². The number of ether oxygens (including phenoxy) is 1. The van der Waals surface area contributed by atoms with Gasteiger partial charge in [-0.2, -0.15) is 0 Å². The molecule has 0 heterocycles. The van der Waals surface area contributed by atoms with E-state index in [1.165, 1.54) is 25.7 Å². The van der Waals surface area contributed by atoms with Crippen LogP contribution < -0.4 is 4.74 Å². The van der Waals surface area contributed by atoms with Crippen LogP contribution in [0.5, 0.6) is 11.5 Å². The molecule has 0 saturated heterocycles. The highest BCUT2D eigenvalue weighted by atomic mass is 16.5. The predicted molar refractivity (Wildman–Crippen MR) is 82.2 cm³/mol. The summed E-state index contributed by atoms with van der Waals surface area (Å²) in [7, 11) is 3.74. The fourth-order valence-electron chi connectivity index (χ4n) is 3.08. The van der Waals surface area contributed by atoms with E-state index < -0.39 is 0 Å². The molecule has 0 radical (unpaired) electrons. The zero-order valence-electron chi connectivity index (χ0n) is 13.1. The summed E-state index contributed by atoms with van der Waals surface area (Å²) in [5, 5.41) is 10.2. The number of aromatic hydroxyl groups is 1. The van der Waals surface area contributed by atoms with E-state index in [1.54, 1.807) is 13.2 Å². The summed E-state index contributed by atoms with van der Waals surface area (Å²) in [6, 6.07) is 6.32. The van der Waals surface area contributed by atoms with Gasteiger partial charge in [0.2, 0.25) is 0 Å². The molecule has 0 bridgehead atoms. The van der Waals surface area contributed by atoms with Crippen molar-refractivity contribution in [2.24, 2.45) is 5.41 Å². The summed E-state index contributed by atoms with van der Waals surface area (Å²) < 4.78 is 5.17. The van der Waals surface area contributed by atoms with E-state index in [0.717, 1.165) is 12.1 Å². The van der Waals surface area contributed by atoms with Crippen LogP contribution in [0, 0.1) is 5.41 Å². The highest BCUT2D eigenvalue weighted by molar-refractivity contribution is 5.45. The van der Waals surface area contributed by atoms with Crippen LogP contribution in [0.25, 0.3) is 0 Å². The molecule has 1 aromatic rings. The predicted octanol–water partition coefficient (Wildman–Crippen LogP) is 3.80. The molecule has 3 nitrogen and oxygen atoms in total. The molecule has 0 spiro atoms. The van der Waals surface area contributed by atoms with Crippen molar-refractivity contribution in [3.8, 4) is 11.5 Å². The van der Waals surface area contributed by atoms with Gasteiger partial charge in [0.1, 0.15) is 0 Å². The Kier molecular flexibility index (Phi) is 4.59. The highest BCUT2D eigenvalue weighted by Gasteiger charge is 2.29. The molecule has 0 aromatic heterocycles. The number of para-hydroxylation sites is 1. The molecule has 2 rings (SSSR count). The van der Waals surface area contributed by atoms with E-state index in [-0.39, 0.29) is 5.75 Å². The third-order valence-electron chi connectivity index (χ3n) is 4.65.